The molecule has 2 saturated heterocycles. The number of methoxy groups -OCH3 is 1. The van der Waals surface area contributed by atoms with Crippen LogP contribution in [0, 0.1) is 29.5 Å². The van der Waals surface area contributed by atoms with Crippen molar-refractivity contribution in [2.45, 2.75) is 24.2 Å². The van der Waals surface area contributed by atoms with Crippen LogP contribution in [0.4, 0.5) is 15.8 Å². The van der Waals surface area contributed by atoms with Gasteiger partial charge >= 0.3 is 0 Å². The second kappa shape index (κ2) is 11.8. The molecule has 4 aromatic rings. The third-order valence-corrected chi connectivity index (χ3v) is 11.1. The monoisotopic (exact) mass is 691 g/mol. The Morgan fingerprint density at radius 3 is 2.30 bits per heavy atom. The highest BCUT2D eigenvalue weighted by Gasteiger charge is 2.70. The molecular formula is C39H31ClFN3O6. The molecule has 2 aliphatic carbocycles. The van der Waals surface area contributed by atoms with Gasteiger partial charge in [-0.1, -0.05) is 59.6 Å². The molecule has 4 aromatic carbocycles. The third kappa shape index (κ3) is 4.58. The molecule has 8 rings (SSSR count). The fourth-order valence-electron chi connectivity index (χ4n) is 8.74. The van der Waals surface area contributed by atoms with Gasteiger partial charge in [-0.25, -0.2) is 4.39 Å². The summed E-state index contributed by atoms with van der Waals surface area (Å²) in [4.78, 5) is 59.4. The summed E-state index contributed by atoms with van der Waals surface area (Å²) >= 11 is 6.35. The maximum absolute atomic E-state index is 15.2. The first-order valence-electron chi connectivity index (χ1n) is 16.3. The van der Waals surface area contributed by atoms with Gasteiger partial charge in [-0.2, -0.15) is 5.01 Å². The summed E-state index contributed by atoms with van der Waals surface area (Å²) in [6, 6.07) is 25.7. The molecule has 2 aliphatic heterocycles. The number of rotatable bonds is 6. The number of anilines is 2. The van der Waals surface area contributed by atoms with E-state index in [2.05, 4.69) is 5.43 Å². The zero-order chi connectivity index (χ0) is 34.9. The molecule has 6 atom stereocenters. The molecule has 0 bridgehead atoms. The summed E-state index contributed by atoms with van der Waals surface area (Å²) in [5.41, 5.74) is 4.06. The number of carbonyl (C=O) groups excluding carboxylic acids is 4. The minimum Gasteiger partial charge on any atom is -0.504 e. The van der Waals surface area contributed by atoms with E-state index >= 15 is 4.79 Å². The Hall–Kier alpha value is -5.48. The number of benzene rings is 4. The van der Waals surface area contributed by atoms with Gasteiger partial charge in [0.05, 0.1) is 41.7 Å². The topological polar surface area (TPSA) is 116 Å². The Bertz CT molecular complexity index is 2090. The molecule has 4 aliphatic rings. The fourth-order valence-corrected chi connectivity index (χ4v) is 8.86. The molecule has 0 aromatic heterocycles. The lowest BCUT2D eigenvalue weighted by Crippen LogP contribution is -2.53. The number of halogens is 2. The molecule has 9 nitrogen and oxygen atoms in total. The minimum absolute atomic E-state index is 0.106. The average Bonchev–Trinajstić information content (AvgIpc) is 3.51. The number of ether oxygens (including phenoxy) is 1. The van der Waals surface area contributed by atoms with Gasteiger partial charge in [-0.05, 0) is 90.6 Å². The van der Waals surface area contributed by atoms with Gasteiger partial charge in [-0.3, -0.25) is 29.5 Å². The first kappa shape index (κ1) is 31.8. The Kier molecular flexibility index (Phi) is 7.52. The highest BCUT2D eigenvalue weighted by Crippen LogP contribution is 2.64. The van der Waals surface area contributed by atoms with Crippen molar-refractivity contribution in [1.82, 2.24) is 5.01 Å². The van der Waals surface area contributed by atoms with Gasteiger partial charge in [-0.15, -0.1) is 0 Å². The summed E-state index contributed by atoms with van der Waals surface area (Å²) in [6.45, 7) is 0. The number of carbonyl (C=O) groups is 4. The van der Waals surface area contributed by atoms with E-state index in [1.807, 2.05) is 12.1 Å². The highest BCUT2D eigenvalue weighted by molar-refractivity contribution is 6.30. The molecule has 2 N–H and O–H groups in total. The lowest BCUT2D eigenvalue weighted by atomic mass is 9.49. The lowest BCUT2D eigenvalue weighted by molar-refractivity contribution is -0.138. The van der Waals surface area contributed by atoms with Gasteiger partial charge in [0.2, 0.25) is 11.8 Å². The van der Waals surface area contributed by atoms with Gasteiger partial charge in [0.1, 0.15) is 5.82 Å². The minimum atomic E-state index is -1.55. The Morgan fingerprint density at radius 2 is 1.60 bits per heavy atom. The number of nitrogens with zero attached hydrogens (tertiary/aromatic N) is 2. The van der Waals surface area contributed by atoms with Crippen LogP contribution >= 0.6 is 11.6 Å². The maximum Gasteiger partial charge on any atom is 0.260 e. The predicted octanol–water partition coefficient (Wildman–Crippen LogP) is 6.38. The number of hydrogen-bond donors (Lipinski definition) is 2. The SMILES string of the molecule is COc1cc(C2C3=CCC4C(=O)N(c5ccccc5)C(=O)C4C3CC3C(=O)N(Nc4ccc(F)cc4)C(=O)C32c2ccc(Cl)cc2)ccc1O. The van der Waals surface area contributed by atoms with Crippen molar-refractivity contribution in [3.05, 3.63) is 131 Å². The quantitative estimate of drug-likeness (QED) is 0.178. The number of hydrogen-bond acceptors (Lipinski definition) is 7. The smallest absolute Gasteiger partial charge is 0.260 e. The van der Waals surface area contributed by atoms with Crippen molar-refractivity contribution < 1.29 is 33.4 Å². The standard InChI is InChI=1S/C39H31ClFN3O6/c1-50-32-19-21(7-18-31(32)45)34-27-16-17-28-33(37(48)43(35(28)46)26-5-3-2-4-6-26)29(27)20-30-36(47)44(42-25-14-12-24(41)13-15-25)38(49)39(30,34)22-8-10-23(40)11-9-22/h2-16,18-19,28-30,33-34,42,45H,17,20H2,1H3. The molecule has 0 spiro atoms. The molecule has 6 unspecified atom stereocenters. The average molecular weight is 692 g/mol. The summed E-state index contributed by atoms with van der Waals surface area (Å²) in [5, 5.41) is 12.0. The van der Waals surface area contributed by atoms with E-state index in [0.29, 0.717) is 27.5 Å². The van der Waals surface area contributed by atoms with E-state index in [1.54, 1.807) is 60.7 Å². The number of aromatic hydroxyl groups is 1. The van der Waals surface area contributed by atoms with Gasteiger partial charge in [0.25, 0.3) is 11.8 Å². The second-order valence-electron chi connectivity index (χ2n) is 13.2. The van der Waals surface area contributed by atoms with Crippen LogP contribution in [-0.4, -0.2) is 40.9 Å². The molecule has 252 valence electrons. The fraction of sp³-hybridized carbons (Fsp3) is 0.231. The van der Waals surface area contributed by atoms with Gasteiger partial charge in [0, 0.05) is 10.9 Å². The normalized spacial score (nSPS) is 27.1. The number of para-hydroxylation sites is 1. The number of phenolic OH excluding ortho intramolecular Hbond substituents is 1. The molecule has 4 amide bonds. The van der Waals surface area contributed by atoms with Crippen molar-refractivity contribution in [3.8, 4) is 11.5 Å². The van der Waals surface area contributed by atoms with E-state index in [0.717, 1.165) is 10.6 Å². The zero-order valence-corrected chi connectivity index (χ0v) is 27.5. The Morgan fingerprint density at radius 1 is 0.880 bits per heavy atom. The number of allylic oxidation sites excluding steroid dienone is 2. The maximum atomic E-state index is 15.2. The largest absolute Gasteiger partial charge is 0.504 e. The molecular weight excluding hydrogens is 661 g/mol. The van der Waals surface area contributed by atoms with E-state index < -0.39 is 52.6 Å². The van der Waals surface area contributed by atoms with Crippen LogP contribution in [0.1, 0.15) is 29.9 Å². The second-order valence-corrected chi connectivity index (χ2v) is 13.6. The van der Waals surface area contributed by atoms with Gasteiger partial charge < -0.3 is 9.84 Å². The molecule has 11 heteroatoms. The summed E-state index contributed by atoms with van der Waals surface area (Å²) < 4.78 is 19.3. The highest BCUT2D eigenvalue weighted by atomic mass is 35.5. The summed E-state index contributed by atoms with van der Waals surface area (Å²) in [5.74, 6) is -5.94. The summed E-state index contributed by atoms with van der Waals surface area (Å²) in [7, 11) is 1.42. The van der Waals surface area contributed by atoms with Crippen LogP contribution in [-0.2, 0) is 24.6 Å². The molecule has 3 fully saturated rings. The number of imide groups is 2. The van der Waals surface area contributed by atoms with Crippen LogP contribution < -0.4 is 15.1 Å². The number of phenols is 1. The van der Waals surface area contributed by atoms with Crippen molar-refractivity contribution >= 4 is 46.6 Å². The van der Waals surface area contributed by atoms with Gasteiger partial charge in [0.15, 0.2) is 11.5 Å². The predicted molar refractivity (Wildman–Crippen MR) is 183 cm³/mol. The first-order valence-corrected chi connectivity index (χ1v) is 16.7. The van der Waals surface area contributed by atoms with Crippen LogP contribution in [0.15, 0.2) is 109 Å². The van der Waals surface area contributed by atoms with Crippen molar-refractivity contribution in [1.29, 1.82) is 0 Å². The number of nitrogens with one attached hydrogen (secondary N) is 1. The van der Waals surface area contributed by atoms with E-state index in [-0.39, 0.29) is 36.2 Å². The van der Waals surface area contributed by atoms with E-state index in [4.69, 9.17) is 16.3 Å². The first-order chi connectivity index (χ1) is 24.1. The van der Waals surface area contributed by atoms with Crippen molar-refractivity contribution in [3.63, 3.8) is 0 Å². The third-order valence-electron chi connectivity index (χ3n) is 10.8. The Labute approximate surface area is 291 Å². The number of amides is 4. The Balaban J connectivity index is 1.34. The number of fused-ring (bicyclic) bond motifs is 4. The number of hydrazine groups is 1. The lowest BCUT2D eigenvalue weighted by Gasteiger charge is -2.50. The van der Waals surface area contributed by atoms with Crippen molar-refractivity contribution in [2.75, 3.05) is 17.4 Å². The zero-order valence-electron chi connectivity index (χ0n) is 26.8. The van der Waals surface area contributed by atoms with E-state index in [1.165, 1.54) is 42.3 Å². The van der Waals surface area contributed by atoms with E-state index in [9.17, 15) is 23.9 Å². The van der Waals surface area contributed by atoms with Crippen LogP contribution in [0.25, 0.3) is 0 Å². The summed E-state index contributed by atoms with van der Waals surface area (Å²) in [6.07, 6.45) is 2.32. The molecule has 1 saturated carbocycles. The molecule has 0 radical (unpaired) electrons. The molecule has 2 heterocycles. The van der Waals surface area contributed by atoms with Crippen molar-refractivity contribution in [2.24, 2.45) is 23.7 Å². The van der Waals surface area contributed by atoms with Crippen LogP contribution in [0.5, 0.6) is 11.5 Å². The van der Waals surface area contributed by atoms with Crippen LogP contribution in [0.2, 0.25) is 5.02 Å². The molecule has 50 heavy (non-hydrogen) atoms. The van der Waals surface area contributed by atoms with Crippen LogP contribution in [0.3, 0.4) is 0 Å².